The highest BCUT2D eigenvalue weighted by atomic mass is 19.4. The zero-order valence-corrected chi connectivity index (χ0v) is 12.8. The predicted octanol–water partition coefficient (Wildman–Crippen LogP) is 2.72. The van der Waals surface area contributed by atoms with Crippen LogP contribution in [-0.2, 0) is 0 Å². The molecule has 7 heteroatoms. The Bertz CT molecular complexity index is 719. The molecule has 1 aliphatic heterocycles. The molecule has 2 heterocycles. The predicted molar refractivity (Wildman–Crippen MR) is 83.4 cm³/mol. The molecule has 24 heavy (non-hydrogen) atoms. The minimum Gasteiger partial charge on any atom is -0.324 e. The van der Waals surface area contributed by atoms with Crippen molar-refractivity contribution in [3.8, 4) is 11.3 Å². The number of halogens is 3. The second kappa shape index (κ2) is 6.60. The summed E-state index contributed by atoms with van der Waals surface area (Å²) in [4.78, 5) is 17.9. The van der Waals surface area contributed by atoms with E-state index in [4.69, 9.17) is 0 Å². The standard InChI is InChI=1S/C17H16F3N3O/c18-17(19,20)14-11-21-9-10-23(14)16(24)13-7-4-8-22-15(13)12-5-2-1-3-6-12/h1-8,14,21H,9-11H2. The Morgan fingerprint density at radius 1 is 1.17 bits per heavy atom. The first-order valence-electron chi connectivity index (χ1n) is 7.57. The summed E-state index contributed by atoms with van der Waals surface area (Å²) >= 11 is 0. The first-order valence-corrected chi connectivity index (χ1v) is 7.57. The molecule has 2 aromatic rings. The molecule has 4 nitrogen and oxygen atoms in total. The summed E-state index contributed by atoms with van der Waals surface area (Å²) in [5.74, 6) is -0.647. The van der Waals surface area contributed by atoms with Crippen LogP contribution in [0.15, 0.2) is 48.7 Å². The van der Waals surface area contributed by atoms with Crippen LogP contribution in [0.25, 0.3) is 11.3 Å². The van der Waals surface area contributed by atoms with Crippen molar-refractivity contribution in [2.45, 2.75) is 12.2 Å². The number of rotatable bonds is 2. The first kappa shape index (κ1) is 16.4. The molecular weight excluding hydrogens is 319 g/mol. The fourth-order valence-corrected chi connectivity index (χ4v) is 2.80. The number of benzene rings is 1. The SMILES string of the molecule is O=C(c1cccnc1-c1ccccc1)N1CCNCC1C(F)(F)F. The van der Waals surface area contributed by atoms with Crippen molar-refractivity contribution in [1.82, 2.24) is 15.2 Å². The summed E-state index contributed by atoms with van der Waals surface area (Å²) in [5.41, 5.74) is 1.27. The molecule has 126 valence electrons. The molecule has 1 N–H and O–H groups in total. The zero-order valence-electron chi connectivity index (χ0n) is 12.8. The highest BCUT2D eigenvalue weighted by Gasteiger charge is 2.46. The summed E-state index contributed by atoms with van der Waals surface area (Å²) in [7, 11) is 0. The van der Waals surface area contributed by atoms with E-state index in [1.54, 1.807) is 30.3 Å². The Balaban J connectivity index is 1.98. The van der Waals surface area contributed by atoms with E-state index >= 15 is 0 Å². The highest BCUT2D eigenvalue weighted by Crippen LogP contribution is 2.29. The van der Waals surface area contributed by atoms with Crippen LogP contribution in [0.1, 0.15) is 10.4 Å². The third-order valence-electron chi connectivity index (χ3n) is 3.97. The van der Waals surface area contributed by atoms with Gasteiger partial charge in [-0.3, -0.25) is 9.78 Å². The Labute approximate surface area is 137 Å². The second-order valence-corrected chi connectivity index (χ2v) is 5.53. The van der Waals surface area contributed by atoms with E-state index in [1.165, 1.54) is 12.3 Å². The molecule has 0 radical (unpaired) electrons. The lowest BCUT2D eigenvalue weighted by molar-refractivity contribution is -0.179. The van der Waals surface area contributed by atoms with Crippen molar-refractivity contribution in [3.05, 3.63) is 54.2 Å². The molecule has 1 fully saturated rings. The fraction of sp³-hybridized carbons (Fsp3) is 0.294. The van der Waals surface area contributed by atoms with Gasteiger partial charge in [-0.15, -0.1) is 0 Å². The molecule has 1 aromatic heterocycles. The van der Waals surface area contributed by atoms with Gasteiger partial charge in [0.1, 0.15) is 6.04 Å². The molecule has 0 saturated carbocycles. The summed E-state index contributed by atoms with van der Waals surface area (Å²) in [5, 5.41) is 2.69. The number of alkyl halides is 3. The number of nitrogens with zero attached hydrogens (tertiary/aromatic N) is 2. The normalized spacial score (nSPS) is 18.5. The van der Waals surface area contributed by atoms with E-state index in [-0.39, 0.29) is 18.7 Å². The van der Waals surface area contributed by atoms with Crippen LogP contribution < -0.4 is 5.32 Å². The largest absolute Gasteiger partial charge is 0.410 e. The molecule has 1 aromatic carbocycles. The number of pyridine rings is 1. The smallest absolute Gasteiger partial charge is 0.324 e. The summed E-state index contributed by atoms with van der Waals surface area (Å²) in [6.45, 7) is 0.0432. The van der Waals surface area contributed by atoms with Crippen molar-refractivity contribution in [2.24, 2.45) is 0 Å². The maximum Gasteiger partial charge on any atom is 0.410 e. The monoisotopic (exact) mass is 335 g/mol. The van der Waals surface area contributed by atoms with Crippen LogP contribution in [0.5, 0.6) is 0 Å². The van der Waals surface area contributed by atoms with Crippen molar-refractivity contribution in [3.63, 3.8) is 0 Å². The van der Waals surface area contributed by atoms with Gasteiger partial charge in [0.15, 0.2) is 0 Å². The van der Waals surface area contributed by atoms with E-state index in [0.717, 1.165) is 4.90 Å². The average molecular weight is 335 g/mol. The van der Waals surface area contributed by atoms with Gasteiger partial charge in [0.2, 0.25) is 0 Å². The Hall–Kier alpha value is -2.41. The van der Waals surface area contributed by atoms with Crippen LogP contribution in [0, 0.1) is 0 Å². The molecule has 3 rings (SSSR count). The maximum absolute atomic E-state index is 13.2. The zero-order chi connectivity index (χ0) is 17.2. The second-order valence-electron chi connectivity index (χ2n) is 5.53. The van der Waals surface area contributed by atoms with Crippen molar-refractivity contribution in [2.75, 3.05) is 19.6 Å². The Morgan fingerprint density at radius 2 is 1.92 bits per heavy atom. The van der Waals surface area contributed by atoms with E-state index in [0.29, 0.717) is 17.8 Å². The fourth-order valence-electron chi connectivity index (χ4n) is 2.80. The molecule has 1 saturated heterocycles. The number of nitrogens with one attached hydrogen (secondary N) is 1. The number of aromatic nitrogens is 1. The van der Waals surface area contributed by atoms with Gasteiger partial charge >= 0.3 is 6.18 Å². The number of carbonyl (C=O) groups excluding carboxylic acids is 1. The van der Waals surface area contributed by atoms with Gasteiger partial charge in [-0.25, -0.2) is 0 Å². The summed E-state index contributed by atoms with van der Waals surface area (Å²) in [6.07, 6.45) is -2.95. The van der Waals surface area contributed by atoms with Gasteiger partial charge < -0.3 is 10.2 Å². The lowest BCUT2D eigenvalue weighted by Crippen LogP contribution is -2.59. The number of amides is 1. The van der Waals surface area contributed by atoms with Gasteiger partial charge in [0, 0.05) is 31.4 Å². The lowest BCUT2D eigenvalue weighted by atomic mass is 10.0. The Kier molecular flexibility index (Phi) is 4.53. The van der Waals surface area contributed by atoms with E-state index in [9.17, 15) is 18.0 Å². The van der Waals surface area contributed by atoms with Gasteiger partial charge in [0.05, 0.1) is 11.3 Å². The molecule has 0 bridgehead atoms. The molecule has 1 atom stereocenters. The summed E-state index contributed by atoms with van der Waals surface area (Å²) < 4.78 is 39.7. The first-order chi connectivity index (χ1) is 11.5. The number of carbonyl (C=O) groups is 1. The Morgan fingerprint density at radius 3 is 2.62 bits per heavy atom. The van der Waals surface area contributed by atoms with E-state index in [1.807, 2.05) is 6.07 Å². The third kappa shape index (κ3) is 3.26. The number of hydrogen-bond donors (Lipinski definition) is 1. The minimum absolute atomic E-state index is 0.00609. The molecule has 1 unspecified atom stereocenters. The molecular formula is C17H16F3N3O. The van der Waals surface area contributed by atoms with Gasteiger partial charge in [-0.05, 0) is 12.1 Å². The van der Waals surface area contributed by atoms with Crippen molar-refractivity contribution >= 4 is 5.91 Å². The van der Waals surface area contributed by atoms with Crippen molar-refractivity contribution in [1.29, 1.82) is 0 Å². The average Bonchev–Trinajstić information content (AvgIpc) is 2.61. The molecule has 1 aliphatic rings. The maximum atomic E-state index is 13.2. The summed E-state index contributed by atoms with van der Waals surface area (Å²) in [6, 6.07) is 10.2. The topological polar surface area (TPSA) is 45.2 Å². The molecule has 0 spiro atoms. The van der Waals surface area contributed by atoms with Crippen LogP contribution in [0.4, 0.5) is 13.2 Å². The van der Waals surface area contributed by atoms with Gasteiger partial charge in [0.25, 0.3) is 5.91 Å². The van der Waals surface area contributed by atoms with Crippen LogP contribution in [0.3, 0.4) is 0 Å². The van der Waals surface area contributed by atoms with E-state index in [2.05, 4.69) is 10.3 Å². The van der Waals surface area contributed by atoms with E-state index < -0.39 is 18.1 Å². The van der Waals surface area contributed by atoms with Crippen LogP contribution >= 0.6 is 0 Å². The number of hydrogen-bond acceptors (Lipinski definition) is 3. The van der Waals surface area contributed by atoms with Crippen molar-refractivity contribution < 1.29 is 18.0 Å². The number of piperazine rings is 1. The highest BCUT2D eigenvalue weighted by molar-refractivity contribution is 6.00. The third-order valence-corrected chi connectivity index (χ3v) is 3.97. The van der Waals surface area contributed by atoms with Gasteiger partial charge in [-0.1, -0.05) is 30.3 Å². The molecule has 1 amide bonds. The quantitative estimate of drug-likeness (QED) is 0.918. The van der Waals surface area contributed by atoms with Crippen LogP contribution in [0.2, 0.25) is 0 Å². The van der Waals surface area contributed by atoms with Crippen LogP contribution in [-0.4, -0.2) is 47.6 Å². The van der Waals surface area contributed by atoms with Gasteiger partial charge in [-0.2, -0.15) is 13.2 Å². The minimum atomic E-state index is -4.47. The molecule has 0 aliphatic carbocycles. The lowest BCUT2D eigenvalue weighted by Gasteiger charge is -2.37.